The van der Waals surface area contributed by atoms with Gasteiger partial charge in [-0.15, -0.1) is 0 Å². The lowest BCUT2D eigenvalue weighted by Crippen LogP contribution is -2.28. The number of hydrogen-bond donors (Lipinski definition) is 1. The van der Waals surface area contributed by atoms with Crippen LogP contribution in [0.1, 0.15) is 43.7 Å². The van der Waals surface area contributed by atoms with Gasteiger partial charge >= 0.3 is 0 Å². The van der Waals surface area contributed by atoms with Crippen LogP contribution >= 0.6 is 0 Å². The molecule has 2 aromatic carbocycles. The molecule has 2 aromatic rings. The Kier molecular flexibility index (Phi) is 6.59. The summed E-state index contributed by atoms with van der Waals surface area (Å²) in [5, 5.41) is 2.73. The zero-order valence-electron chi connectivity index (χ0n) is 17.1. The predicted octanol–water partition coefficient (Wildman–Crippen LogP) is 3.92. The molecule has 1 aliphatic rings. The summed E-state index contributed by atoms with van der Waals surface area (Å²) < 4.78 is 32.6. The molecule has 0 radical (unpaired) electrons. The minimum Gasteiger partial charge on any atom is -0.483 e. The van der Waals surface area contributed by atoms with E-state index in [1.54, 1.807) is 18.2 Å². The fourth-order valence-electron chi connectivity index (χ4n) is 3.28. The molecular weight excluding hydrogens is 388 g/mol. The van der Waals surface area contributed by atoms with Gasteiger partial charge in [-0.05, 0) is 61.1 Å². The first-order valence-electron chi connectivity index (χ1n) is 9.91. The van der Waals surface area contributed by atoms with E-state index in [2.05, 4.69) is 25.2 Å². The molecule has 1 heterocycles. The van der Waals surface area contributed by atoms with Crippen LogP contribution in [0.2, 0.25) is 0 Å². The van der Waals surface area contributed by atoms with E-state index in [9.17, 15) is 13.2 Å². The quantitative estimate of drug-likeness (QED) is 0.742. The smallest absolute Gasteiger partial charge is 0.262 e. The van der Waals surface area contributed by atoms with E-state index in [1.807, 2.05) is 19.1 Å². The van der Waals surface area contributed by atoms with Crippen LogP contribution in [0, 0.1) is 6.92 Å². The number of hydrogen-bond acceptors (Lipinski definition) is 4. The number of ether oxygens (including phenoxy) is 1. The van der Waals surface area contributed by atoms with Crippen LogP contribution in [0.3, 0.4) is 0 Å². The third kappa shape index (κ3) is 5.16. The van der Waals surface area contributed by atoms with Crippen molar-refractivity contribution in [3.05, 3.63) is 53.6 Å². The van der Waals surface area contributed by atoms with Crippen molar-refractivity contribution in [2.24, 2.45) is 0 Å². The number of nitrogens with zero attached hydrogens (tertiary/aromatic N) is 1. The van der Waals surface area contributed by atoms with Gasteiger partial charge in [0.15, 0.2) is 6.61 Å². The Labute approximate surface area is 172 Å². The predicted molar refractivity (Wildman–Crippen MR) is 114 cm³/mol. The summed E-state index contributed by atoms with van der Waals surface area (Å²) in [6.07, 6.45) is 1.76. The largest absolute Gasteiger partial charge is 0.483 e. The van der Waals surface area contributed by atoms with Gasteiger partial charge < -0.3 is 10.1 Å². The number of aryl methyl sites for hydroxylation is 1. The number of sulfonamides is 1. The van der Waals surface area contributed by atoms with Crippen molar-refractivity contribution in [3.8, 4) is 5.75 Å². The van der Waals surface area contributed by atoms with Crippen LogP contribution < -0.4 is 10.1 Å². The van der Waals surface area contributed by atoms with Crippen molar-refractivity contribution in [2.45, 2.75) is 44.4 Å². The molecule has 3 rings (SSSR count). The van der Waals surface area contributed by atoms with Gasteiger partial charge in [-0.25, -0.2) is 8.42 Å². The minimum absolute atomic E-state index is 0.147. The lowest BCUT2D eigenvalue weighted by atomic mass is 10.0. The van der Waals surface area contributed by atoms with Gasteiger partial charge in [-0.2, -0.15) is 4.31 Å². The Bertz CT molecular complexity index is 980. The molecule has 0 spiro atoms. The second-order valence-corrected chi connectivity index (χ2v) is 9.59. The highest BCUT2D eigenvalue weighted by molar-refractivity contribution is 7.89. The van der Waals surface area contributed by atoms with E-state index in [0.29, 0.717) is 30.4 Å². The molecule has 7 heteroatoms. The highest BCUT2D eigenvalue weighted by atomic mass is 32.2. The summed E-state index contributed by atoms with van der Waals surface area (Å²) in [5.74, 6) is 0.707. The normalized spacial score (nSPS) is 14.9. The Morgan fingerprint density at radius 3 is 2.55 bits per heavy atom. The zero-order valence-corrected chi connectivity index (χ0v) is 18.0. The van der Waals surface area contributed by atoms with Crippen molar-refractivity contribution in [3.63, 3.8) is 0 Å². The first kappa shape index (κ1) is 21.3. The molecule has 29 heavy (non-hydrogen) atoms. The summed E-state index contributed by atoms with van der Waals surface area (Å²) in [6, 6.07) is 12.4. The Hall–Kier alpha value is -2.38. The summed E-state index contributed by atoms with van der Waals surface area (Å²) in [7, 11) is -3.52. The lowest BCUT2D eigenvalue weighted by Gasteiger charge is -2.16. The first-order valence-corrected chi connectivity index (χ1v) is 11.3. The third-order valence-electron chi connectivity index (χ3n) is 5.06. The lowest BCUT2D eigenvalue weighted by molar-refractivity contribution is -0.118. The number of rotatable bonds is 7. The maximum atomic E-state index is 12.7. The molecule has 0 bridgehead atoms. The van der Waals surface area contributed by atoms with Gasteiger partial charge in [0.25, 0.3) is 5.91 Å². The fourth-order valence-corrected chi connectivity index (χ4v) is 4.85. The zero-order chi connectivity index (χ0) is 21.0. The third-order valence-corrected chi connectivity index (χ3v) is 6.95. The molecule has 1 fully saturated rings. The van der Waals surface area contributed by atoms with Gasteiger partial charge in [-0.3, -0.25) is 4.79 Å². The van der Waals surface area contributed by atoms with Crippen molar-refractivity contribution in [1.82, 2.24) is 4.31 Å². The van der Waals surface area contributed by atoms with Crippen molar-refractivity contribution < 1.29 is 17.9 Å². The molecule has 0 aliphatic carbocycles. The maximum Gasteiger partial charge on any atom is 0.262 e. The van der Waals surface area contributed by atoms with E-state index in [-0.39, 0.29) is 17.4 Å². The van der Waals surface area contributed by atoms with Gasteiger partial charge in [-0.1, -0.05) is 32.0 Å². The summed E-state index contributed by atoms with van der Waals surface area (Å²) in [5.41, 5.74) is 2.54. The monoisotopic (exact) mass is 416 g/mol. The topological polar surface area (TPSA) is 75.7 Å². The summed E-state index contributed by atoms with van der Waals surface area (Å²) in [4.78, 5) is 12.5. The van der Waals surface area contributed by atoms with Crippen LogP contribution in [0.15, 0.2) is 47.4 Å². The molecule has 1 saturated heterocycles. The molecule has 156 valence electrons. The first-order chi connectivity index (χ1) is 13.8. The highest BCUT2D eigenvalue weighted by Gasteiger charge is 2.27. The Morgan fingerprint density at radius 1 is 1.14 bits per heavy atom. The van der Waals surface area contributed by atoms with Crippen LogP contribution in [0.5, 0.6) is 5.75 Å². The Morgan fingerprint density at radius 2 is 1.86 bits per heavy atom. The van der Waals surface area contributed by atoms with Crippen molar-refractivity contribution >= 4 is 21.6 Å². The molecule has 1 amide bonds. The second kappa shape index (κ2) is 8.97. The summed E-state index contributed by atoms with van der Waals surface area (Å²) >= 11 is 0. The molecule has 0 aromatic heterocycles. The number of carbonyl (C=O) groups is 1. The average molecular weight is 417 g/mol. The van der Waals surface area contributed by atoms with E-state index in [1.165, 1.54) is 10.4 Å². The number of amides is 1. The number of benzene rings is 2. The van der Waals surface area contributed by atoms with E-state index < -0.39 is 10.0 Å². The molecule has 1 N–H and O–H groups in total. The van der Waals surface area contributed by atoms with E-state index in [0.717, 1.165) is 24.0 Å². The Balaban J connectivity index is 1.65. The van der Waals surface area contributed by atoms with Gasteiger partial charge in [0.2, 0.25) is 10.0 Å². The second-order valence-electron chi connectivity index (χ2n) is 7.66. The molecule has 0 atom stereocenters. The van der Waals surface area contributed by atoms with Crippen LogP contribution in [0.4, 0.5) is 5.69 Å². The number of nitrogens with one attached hydrogen (secondary N) is 1. The standard InChI is InChI=1S/C22H28N2O4S/c1-16(2)18-10-9-17(3)21(13-18)28-15-22(25)23-19-7-6-8-20(14-19)29(26,27)24-11-4-5-12-24/h6-10,13-14,16H,4-5,11-12,15H2,1-3H3,(H,23,25). The van der Waals surface area contributed by atoms with Gasteiger partial charge in [0.1, 0.15) is 5.75 Å². The SMILES string of the molecule is Cc1ccc(C(C)C)cc1OCC(=O)Nc1cccc(S(=O)(=O)N2CCCC2)c1. The number of anilines is 1. The molecule has 0 saturated carbocycles. The number of carbonyl (C=O) groups excluding carboxylic acids is 1. The average Bonchev–Trinajstić information content (AvgIpc) is 3.23. The van der Waals surface area contributed by atoms with E-state index in [4.69, 9.17) is 4.74 Å². The van der Waals surface area contributed by atoms with E-state index >= 15 is 0 Å². The van der Waals surface area contributed by atoms with Gasteiger partial charge in [0.05, 0.1) is 4.90 Å². The van der Waals surface area contributed by atoms with Crippen LogP contribution in [-0.4, -0.2) is 38.3 Å². The van der Waals surface area contributed by atoms with Crippen LogP contribution in [0.25, 0.3) is 0 Å². The highest BCUT2D eigenvalue weighted by Crippen LogP contribution is 2.25. The molecule has 0 unspecified atom stereocenters. The summed E-state index contributed by atoms with van der Waals surface area (Å²) in [6.45, 7) is 7.08. The van der Waals surface area contributed by atoms with Crippen molar-refractivity contribution in [1.29, 1.82) is 0 Å². The molecule has 1 aliphatic heterocycles. The minimum atomic E-state index is -3.52. The van der Waals surface area contributed by atoms with Crippen LogP contribution in [-0.2, 0) is 14.8 Å². The fraction of sp³-hybridized carbons (Fsp3) is 0.409. The maximum absolute atomic E-state index is 12.7. The van der Waals surface area contributed by atoms with Gasteiger partial charge in [0, 0.05) is 18.8 Å². The molecule has 6 nitrogen and oxygen atoms in total. The molecular formula is C22H28N2O4S. The van der Waals surface area contributed by atoms with Crippen molar-refractivity contribution in [2.75, 3.05) is 25.0 Å².